The lowest BCUT2D eigenvalue weighted by molar-refractivity contribution is 0.0420. The summed E-state index contributed by atoms with van der Waals surface area (Å²) >= 11 is 0. The minimum Gasteiger partial charge on any atom is -0.395 e. The molecule has 0 fully saturated rings. The molecule has 5 nitrogen and oxygen atoms in total. The molecule has 0 radical (unpaired) electrons. The zero-order chi connectivity index (χ0) is 17.1. The third kappa shape index (κ3) is 5.05. The van der Waals surface area contributed by atoms with Crippen molar-refractivity contribution in [2.75, 3.05) is 6.61 Å². The van der Waals surface area contributed by atoms with Gasteiger partial charge in [-0.3, -0.25) is 0 Å². The fourth-order valence-electron chi connectivity index (χ4n) is 2.06. The van der Waals surface area contributed by atoms with Gasteiger partial charge in [-0.1, -0.05) is 32.9 Å². The van der Waals surface area contributed by atoms with Gasteiger partial charge in [0, 0.05) is 6.04 Å². The number of hydrogen-bond acceptors (Lipinski definition) is 4. The van der Waals surface area contributed by atoms with Gasteiger partial charge in [-0.25, -0.2) is 13.1 Å². The number of nitrogens with one attached hydrogen (secondary N) is 1. The monoisotopic (exact) mass is 329 g/mol. The Balaban J connectivity index is 2.96. The zero-order valence-electron chi connectivity index (χ0n) is 13.9. The summed E-state index contributed by atoms with van der Waals surface area (Å²) in [7, 11) is -3.74. The van der Waals surface area contributed by atoms with E-state index in [4.69, 9.17) is 0 Å². The predicted molar refractivity (Wildman–Crippen MR) is 87.2 cm³/mol. The average molecular weight is 329 g/mol. The van der Waals surface area contributed by atoms with Gasteiger partial charge in [-0.05, 0) is 42.9 Å². The van der Waals surface area contributed by atoms with Crippen molar-refractivity contribution in [3.8, 4) is 0 Å². The van der Waals surface area contributed by atoms with Gasteiger partial charge in [-0.15, -0.1) is 0 Å². The van der Waals surface area contributed by atoms with Crippen LogP contribution < -0.4 is 4.72 Å². The van der Waals surface area contributed by atoms with Crippen LogP contribution in [0, 0.1) is 19.3 Å². The molecule has 6 heteroatoms. The van der Waals surface area contributed by atoms with E-state index in [9.17, 15) is 18.6 Å². The first-order chi connectivity index (χ1) is 9.97. The summed E-state index contributed by atoms with van der Waals surface area (Å²) in [4.78, 5) is 0.205. The van der Waals surface area contributed by atoms with Crippen LogP contribution in [0.15, 0.2) is 23.1 Å². The first-order valence-corrected chi connectivity index (χ1v) is 8.84. The summed E-state index contributed by atoms with van der Waals surface area (Å²) in [6.45, 7) is 8.79. The van der Waals surface area contributed by atoms with Crippen LogP contribution in [-0.2, 0) is 10.0 Å². The minimum absolute atomic E-state index is 0.157. The molecule has 0 aliphatic heterocycles. The number of aliphatic hydroxyl groups excluding tert-OH is 2. The number of benzene rings is 1. The van der Waals surface area contributed by atoms with Crippen LogP contribution in [0.25, 0.3) is 0 Å². The maximum Gasteiger partial charge on any atom is 0.241 e. The Hall–Kier alpha value is -0.950. The summed E-state index contributed by atoms with van der Waals surface area (Å²) in [5, 5.41) is 19.5. The highest BCUT2D eigenvalue weighted by Gasteiger charge is 2.28. The van der Waals surface area contributed by atoms with E-state index in [1.54, 1.807) is 19.1 Å². The van der Waals surface area contributed by atoms with E-state index in [2.05, 4.69) is 4.72 Å². The topological polar surface area (TPSA) is 86.6 Å². The van der Waals surface area contributed by atoms with Crippen LogP contribution in [0.1, 0.15) is 38.3 Å². The van der Waals surface area contributed by atoms with Crippen LogP contribution in [0.2, 0.25) is 0 Å². The largest absolute Gasteiger partial charge is 0.395 e. The molecule has 2 unspecified atom stereocenters. The van der Waals surface area contributed by atoms with Crippen molar-refractivity contribution in [3.05, 3.63) is 29.3 Å². The molecule has 0 amide bonds. The second-order valence-electron chi connectivity index (χ2n) is 6.89. The van der Waals surface area contributed by atoms with Crippen LogP contribution in [-0.4, -0.2) is 37.4 Å². The van der Waals surface area contributed by atoms with E-state index in [0.29, 0.717) is 5.56 Å². The molecule has 22 heavy (non-hydrogen) atoms. The normalized spacial score (nSPS) is 15.6. The van der Waals surface area contributed by atoms with Crippen molar-refractivity contribution in [3.63, 3.8) is 0 Å². The van der Waals surface area contributed by atoms with Gasteiger partial charge in [0.05, 0.1) is 17.6 Å². The first-order valence-electron chi connectivity index (χ1n) is 7.36. The van der Waals surface area contributed by atoms with Crippen LogP contribution >= 0.6 is 0 Å². The smallest absolute Gasteiger partial charge is 0.241 e. The number of hydrogen-bond donors (Lipinski definition) is 3. The fraction of sp³-hybridized carbons (Fsp3) is 0.625. The van der Waals surface area contributed by atoms with Gasteiger partial charge in [-0.2, -0.15) is 0 Å². The maximum absolute atomic E-state index is 12.5. The molecule has 0 heterocycles. The summed E-state index contributed by atoms with van der Waals surface area (Å²) in [5.41, 5.74) is 1.12. The van der Waals surface area contributed by atoms with E-state index in [1.165, 1.54) is 0 Å². The van der Waals surface area contributed by atoms with Crippen molar-refractivity contribution < 1.29 is 18.6 Å². The Morgan fingerprint density at radius 1 is 1.23 bits per heavy atom. The standard InChI is InChI=1S/C16H27NO4S/c1-11-6-7-12(2)14(8-11)22(20,21)17-13(10-18)9-15(19)16(3,4)5/h6-8,13,15,17-19H,9-10H2,1-5H3. The summed E-state index contributed by atoms with van der Waals surface area (Å²) < 4.78 is 27.5. The average Bonchev–Trinajstić information content (AvgIpc) is 2.39. The molecule has 0 spiro atoms. The Bertz CT molecular complexity index is 605. The molecule has 1 rings (SSSR count). The Kier molecular flexibility index (Phi) is 6.15. The Labute approximate surface area is 133 Å². The van der Waals surface area contributed by atoms with Crippen molar-refractivity contribution in [1.82, 2.24) is 4.72 Å². The number of rotatable bonds is 6. The van der Waals surface area contributed by atoms with Gasteiger partial charge in [0.1, 0.15) is 0 Å². The second kappa shape index (κ2) is 7.08. The first kappa shape index (κ1) is 19.1. The van der Waals surface area contributed by atoms with E-state index < -0.39 is 22.2 Å². The van der Waals surface area contributed by atoms with E-state index >= 15 is 0 Å². The zero-order valence-corrected chi connectivity index (χ0v) is 14.7. The van der Waals surface area contributed by atoms with Crippen molar-refractivity contribution >= 4 is 10.0 Å². The molecule has 0 saturated heterocycles. The number of aryl methyl sites for hydroxylation is 2. The van der Waals surface area contributed by atoms with Crippen LogP contribution in [0.3, 0.4) is 0 Å². The van der Waals surface area contributed by atoms with E-state index in [0.717, 1.165) is 5.56 Å². The number of aliphatic hydroxyl groups is 2. The lowest BCUT2D eigenvalue weighted by Crippen LogP contribution is -2.42. The van der Waals surface area contributed by atoms with Gasteiger partial charge < -0.3 is 10.2 Å². The molecule has 1 aromatic carbocycles. The maximum atomic E-state index is 12.5. The van der Waals surface area contributed by atoms with E-state index in [-0.39, 0.29) is 23.3 Å². The Morgan fingerprint density at radius 3 is 2.32 bits per heavy atom. The van der Waals surface area contributed by atoms with Crippen molar-refractivity contribution in [2.45, 2.75) is 58.1 Å². The van der Waals surface area contributed by atoms with Crippen LogP contribution in [0.4, 0.5) is 0 Å². The SMILES string of the molecule is Cc1ccc(C)c(S(=O)(=O)NC(CO)CC(O)C(C)(C)C)c1. The van der Waals surface area contributed by atoms with Gasteiger partial charge >= 0.3 is 0 Å². The highest BCUT2D eigenvalue weighted by atomic mass is 32.2. The van der Waals surface area contributed by atoms with Crippen molar-refractivity contribution in [2.24, 2.45) is 5.41 Å². The molecule has 0 saturated carbocycles. The quantitative estimate of drug-likeness (QED) is 0.742. The number of sulfonamides is 1. The highest BCUT2D eigenvalue weighted by molar-refractivity contribution is 7.89. The van der Waals surface area contributed by atoms with Gasteiger partial charge in [0.15, 0.2) is 0 Å². The van der Waals surface area contributed by atoms with Crippen LogP contribution in [0.5, 0.6) is 0 Å². The third-order valence-electron chi connectivity index (χ3n) is 3.68. The molecule has 0 aliphatic rings. The Morgan fingerprint density at radius 2 is 1.82 bits per heavy atom. The molecule has 3 N–H and O–H groups in total. The molecular weight excluding hydrogens is 302 g/mol. The molecule has 0 bridgehead atoms. The fourth-order valence-corrected chi connectivity index (χ4v) is 3.63. The van der Waals surface area contributed by atoms with E-state index in [1.807, 2.05) is 33.8 Å². The lowest BCUT2D eigenvalue weighted by Gasteiger charge is -2.29. The highest BCUT2D eigenvalue weighted by Crippen LogP contribution is 2.23. The molecule has 0 aromatic heterocycles. The van der Waals surface area contributed by atoms with Gasteiger partial charge in [0.25, 0.3) is 0 Å². The molecule has 1 aromatic rings. The predicted octanol–water partition coefficient (Wildman–Crippen LogP) is 1.74. The molecule has 0 aliphatic carbocycles. The summed E-state index contributed by atoms with van der Waals surface area (Å²) in [6, 6.07) is 4.48. The minimum atomic E-state index is -3.74. The molecule has 126 valence electrons. The third-order valence-corrected chi connectivity index (χ3v) is 5.35. The molecule has 2 atom stereocenters. The van der Waals surface area contributed by atoms with Gasteiger partial charge in [0.2, 0.25) is 10.0 Å². The summed E-state index contributed by atoms with van der Waals surface area (Å²) in [6.07, 6.45) is -0.560. The molecular formula is C16H27NO4S. The second-order valence-corrected chi connectivity index (χ2v) is 8.57. The summed E-state index contributed by atoms with van der Waals surface area (Å²) in [5.74, 6) is 0. The lowest BCUT2D eigenvalue weighted by atomic mass is 9.86. The van der Waals surface area contributed by atoms with Crippen molar-refractivity contribution in [1.29, 1.82) is 0 Å².